The molecule has 2 N–H and O–H groups in total. The molecule has 0 spiro atoms. The number of fused-ring (bicyclic) bond motifs is 1. The maximum absolute atomic E-state index is 6.01. The summed E-state index contributed by atoms with van der Waals surface area (Å²) in [5.74, 6) is 1.81. The lowest BCUT2D eigenvalue weighted by molar-refractivity contribution is 0.302. The molecule has 27 heavy (non-hydrogen) atoms. The van der Waals surface area contributed by atoms with Crippen molar-refractivity contribution in [2.45, 2.75) is 19.7 Å². The van der Waals surface area contributed by atoms with Gasteiger partial charge in [-0.15, -0.1) is 0 Å². The molecule has 0 aliphatic carbocycles. The summed E-state index contributed by atoms with van der Waals surface area (Å²) in [7, 11) is 0. The summed E-state index contributed by atoms with van der Waals surface area (Å²) in [6.07, 6.45) is 0. The minimum atomic E-state index is 0.512. The molecule has 3 aromatic carbocycles. The number of rotatable bonds is 7. The van der Waals surface area contributed by atoms with E-state index < -0.39 is 0 Å². The fraction of sp³-hybridized carbons (Fsp3) is 0.136. The molecule has 1 heterocycles. The van der Waals surface area contributed by atoms with Gasteiger partial charge in [-0.05, 0) is 35.9 Å². The van der Waals surface area contributed by atoms with Gasteiger partial charge in [-0.25, -0.2) is 4.98 Å². The van der Waals surface area contributed by atoms with Gasteiger partial charge in [0, 0.05) is 17.1 Å². The van der Waals surface area contributed by atoms with Gasteiger partial charge in [0.15, 0.2) is 0 Å². The van der Waals surface area contributed by atoms with Crippen LogP contribution in [0, 0.1) is 0 Å². The van der Waals surface area contributed by atoms with Crippen LogP contribution in [0.5, 0.6) is 5.75 Å². The number of nitrogens with one attached hydrogen (secondary N) is 2. The van der Waals surface area contributed by atoms with E-state index in [1.54, 1.807) is 0 Å². The molecule has 1 aromatic heterocycles. The molecule has 0 saturated heterocycles. The molecule has 4 nitrogen and oxygen atoms in total. The van der Waals surface area contributed by atoms with Crippen LogP contribution in [0.2, 0.25) is 5.02 Å². The predicted molar refractivity (Wildman–Crippen MR) is 109 cm³/mol. The molecule has 4 aromatic rings. The number of benzene rings is 3. The second-order valence-electron chi connectivity index (χ2n) is 6.33. The topological polar surface area (TPSA) is 49.9 Å². The first kappa shape index (κ1) is 17.6. The summed E-state index contributed by atoms with van der Waals surface area (Å²) < 4.78 is 6.01. The van der Waals surface area contributed by atoms with Crippen molar-refractivity contribution < 1.29 is 4.74 Å². The standard InChI is InChI=1S/C22H20ClN3O/c23-18-11-9-16(10-12-18)15-27-21-8-4-1-5-17(21)13-24-14-22-25-19-6-2-3-7-20(19)26-22/h1-12,24H,13-15H2,(H,25,26). The van der Waals surface area contributed by atoms with E-state index in [0.29, 0.717) is 19.7 Å². The lowest BCUT2D eigenvalue weighted by Crippen LogP contribution is -2.14. The lowest BCUT2D eigenvalue weighted by atomic mass is 10.2. The molecule has 136 valence electrons. The Kier molecular flexibility index (Phi) is 5.37. The molecule has 4 rings (SSSR count). The molecule has 0 aliphatic rings. The Morgan fingerprint density at radius 1 is 0.889 bits per heavy atom. The summed E-state index contributed by atoms with van der Waals surface area (Å²) >= 11 is 5.93. The number of para-hydroxylation sites is 3. The van der Waals surface area contributed by atoms with Crippen LogP contribution in [0.15, 0.2) is 72.8 Å². The van der Waals surface area contributed by atoms with E-state index in [4.69, 9.17) is 16.3 Å². The smallest absolute Gasteiger partial charge is 0.124 e. The van der Waals surface area contributed by atoms with Crippen LogP contribution in [-0.2, 0) is 19.7 Å². The first-order chi connectivity index (χ1) is 13.3. The maximum atomic E-state index is 6.01. The molecule has 0 amide bonds. The van der Waals surface area contributed by atoms with Crippen LogP contribution in [0.3, 0.4) is 0 Å². The number of aromatic nitrogens is 2. The number of hydrogen-bond acceptors (Lipinski definition) is 3. The van der Waals surface area contributed by atoms with Crippen molar-refractivity contribution in [3.8, 4) is 5.75 Å². The van der Waals surface area contributed by atoms with Gasteiger partial charge in [0.25, 0.3) is 0 Å². The third kappa shape index (κ3) is 4.48. The second-order valence-corrected chi connectivity index (χ2v) is 6.76. The highest BCUT2D eigenvalue weighted by Gasteiger charge is 2.05. The van der Waals surface area contributed by atoms with Crippen molar-refractivity contribution in [2.75, 3.05) is 0 Å². The zero-order valence-corrected chi connectivity index (χ0v) is 15.5. The predicted octanol–water partition coefficient (Wildman–Crippen LogP) is 5.09. The van der Waals surface area contributed by atoms with Gasteiger partial charge in [0.1, 0.15) is 18.2 Å². The van der Waals surface area contributed by atoms with E-state index in [0.717, 1.165) is 38.8 Å². The first-order valence-electron chi connectivity index (χ1n) is 8.87. The SMILES string of the molecule is Clc1ccc(COc2ccccc2CNCc2nc3ccccc3[nH]2)cc1. The van der Waals surface area contributed by atoms with Crippen molar-refractivity contribution in [1.82, 2.24) is 15.3 Å². The summed E-state index contributed by atoms with van der Waals surface area (Å²) in [6.45, 7) is 1.88. The van der Waals surface area contributed by atoms with E-state index in [-0.39, 0.29) is 0 Å². The van der Waals surface area contributed by atoms with Crippen molar-refractivity contribution in [1.29, 1.82) is 0 Å². The van der Waals surface area contributed by atoms with E-state index in [2.05, 4.69) is 21.4 Å². The molecule has 0 bridgehead atoms. The Bertz CT molecular complexity index is 994. The van der Waals surface area contributed by atoms with Crippen LogP contribution in [0.4, 0.5) is 0 Å². The quantitative estimate of drug-likeness (QED) is 0.472. The van der Waals surface area contributed by atoms with Gasteiger partial charge in [-0.2, -0.15) is 0 Å². The monoisotopic (exact) mass is 377 g/mol. The third-order valence-electron chi connectivity index (χ3n) is 4.33. The van der Waals surface area contributed by atoms with Crippen molar-refractivity contribution in [3.05, 3.63) is 94.8 Å². The summed E-state index contributed by atoms with van der Waals surface area (Å²) in [5, 5.41) is 4.16. The van der Waals surface area contributed by atoms with Crippen molar-refractivity contribution in [3.63, 3.8) is 0 Å². The van der Waals surface area contributed by atoms with Crippen LogP contribution >= 0.6 is 11.6 Å². The van der Waals surface area contributed by atoms with E-state index in [1.165, 1.54) is 0 Å². The number of hydrogen-bond donors (Lipinski definition) is 2. The van der Waals surface area contributed by atoms with Gasteiger partial charge in [-0.3, -0.25) is 0 Å². The number of halogens is 1. The van der Waals surface area contributed by atoms with E-state index in [1.807, 2.05) is 66.7 Å². The number of aromatic amines is 1. The van der Waals surface area contributed by atoms with Crippen molar-refractivity contribution >= 4 is 22.6 Å². The Labute approximate surface area is 163 Å². The number of ether oxygens (including phenoxy) is 1. The zero-order valence-electron chi connectivity index (χ0n) is 14.8. The zero-order chi connectivity index (χ0) is 18.5. The minimum Gasteiger partial charge on any atom is -0.489 e. The molecule has 5 heteroatoms. The van der Waals surface area contributed by atoms with Crippen molar-refractivity contribution in [2.24, 2.45) is 0 Å². The molecule has 0 fully saturated rings. The van der Waals surface area contributed by atoms with Gasteiger partial charge in [-0.1, -0.05) is 54.1 Å². The molecule has 0 aliphatic heterocycles. The average Bonchev–Trinajstić information content (AvgIpc) is 3.11. The maximum Gasteiger partial charge on any atom is 0.124 e. The molecule has 0 radical (unpaired) electrons. The summed E-state index contributed by atoms with van der Waals surface area (Å²) in [4.78, 5) is 7.92. The Morgan fingerprint density at radius 2 is 1.67 bits per heavy atom. The normalized spacial score (nSPS) is 11.0. The summed E-state index contributed by atoms with van der Waals surface area (Å²) in [5.41, 5.74) is 4.24. The van der Waals surface area contributed by atoms with Gasteiger partial charge >= 0.3 is 0 Å². The number of nitrogens with zero attached hydrogens (tertiary/aromatic N) is 1. The van der Waals surface area contributed by atoms with E-state index >= 15 is 0 Å². The average molecular weight is 378 g/mol. The van der Waals surface area contributed by atoms with Gasteiger partial charge in [0.2, 0.25) is 0 Å². The van der Waals surface area contributed by atoms with Crippen LogP contribution < -0.4 is 10.1 Å². The molecular formula is C22H20ClN3O. The molecule has 0 atom stereocenters. The highest BCUT2D eigenvalue weighted by Crippen LogP contribution is 2.20. The second kappa shape index (κ2) is 8.25. The Morgan fingerprint density at radius 3 is 2.52 bits per heavy atom. The fourth-order valence-corrected chi connectivity index (χ4v) is 3.06. The van der Waals surface area contributed by atoms with Gasteiger partial charge in [0.05, 0.1) is 17.6 Å². The van der Waals surface area contributed by atoms with Gasteiger partial charge < -0.3 is 15.0 Å². The number of imidazole rings is 1. The number of H-pyrrole nitrogens is 1. The first-order valence-corrected chi connectivity index (χ1v) is 9.25. The molecular weight excluding hydrogens is 358 g/mol. The third-order valence-corrected chi connectivity index (χ3v) is 4.58. The Balaban J connectivity index is 1.36. The van der Waals surface area contributed by atoms with Crippen LogP contribution in [0.1, 0.15) is 17.0 Å². The van der Waals surface area contributed by atoms with Crippen LogP contribution in [0.25, 0.3) is 11.0 Å². The Hall–Kier alpha value is -2.82. The molecule has 0 saturated carbocycles. The minimum absolute atomic E-state index is 0.512. The van der Waals surface area contributed by atoms with E-state index in [9.17, 15) is 0 Å². The lowest BCUT2D eigenvalue weighted by Gasteiger charge is -2.12. The van der Waals surface area contributed by atoms with Crippen LogP contribution in [-0.4, -0.2) is 9.97 Å². The fourth-order valence-electron chi connectivity index (χ4n) is 2.94. The molecule has 0 unspecified atom stereocenters. The largest absolute Gasteiger partial charge is 0.489 e. The highest BCUT2D eigenvalue weighted by atomic mass is 35.5. The highest BCUT2D eigenvalue weighted by molar-refractivity contribution is 6.30. The summed E-state index contributed by atoms with van der Waals surface area (Å²) in [6, 6.07) is 23.8.